The number of hydrogen-bond donors (Lipinski definition) is 3. The number of amides is 1. The van der Waals surface area contributed by atoms with E-state index in [1.165, 1.54) is 11.1 Å². The predicted molar refractivity (Wildman–Crippen MR) is 132 cm³/mol. The van der Waals surface area contributed by atoms with E-state index < -0.39 is 0 Å². The molecule has 2 rings (SSSR count). The first kappa shape index (κ1) is 24.9. The summed E-state index contributed by atoms with van der Waals surface area (Å²) in [5.74, 6) is 0.670. The van der Waals surface area contributed by atoms with Gasteiger partial charge in [0.25, 0.3) is 5.91 Å². The van der Waals surface area contributed by atoms with E-state index >= 15 is 0 Å². The molecule has 0 radical (unpaired) electrons. The summed E-state index contributed by atoms with van der Waals surface area (Å²) in [6.45, 7) is 9.39. The zero-order valence-corrected chi connectivity index (χ0v) is 20.3. The number of hydrogen-bond acceptors (Lipinski definition) is 2. The number of guanidine groups is 1. The van der Waals surface area contributed by atoms with Crippen LogP contribution in [0.25, 0.3) is 0 Å². The molecule has 0 saturated heterocycles. The van der Waals surface area contributed by atoms with Gasteiger partial charge in [0.2, 0.25) is 0 Å². The molecule has 6 heteroatoms. The summed E-state index contributed by atoms with van der Waals surface area (Å²) in [4.78, 5) is 16.7. The first-order valence-corrected chi connectivity index (χ1v) is 9.75. The first-order valence-electron chi connectivity index (χ1n) is 9.75. The largest absolute Gasteiger partial charge is 0.352 e. The molecule has 29 heavy (non-hydrogen) atoms. The molecule has 0 bridgehead atoms. The minimum Gasteiger partial charge on any atom is -0.352 e. The van der Waals surface area contributed by atoms with Gasteiger partial charge in [0.1, 0.15) is 0 Å². The van der Waals surface area contributed by atoms with Gasteiger partial charge < -0.3 is 16.0 Å². The second kappa shape index (κ2) is 11.8. The van der Waals surface area contributed by atoms with Crippen LogP contribution in [0.2, 0.25) is 0 Å². The fourth-order valence-corrected chi connectivity index (χ4v) is 2.90. The highest BCUT2D eigenvalue weighted by molar-refractivity contribution is 14.0. The fraction of sp³-hybridized carbons (Fsp3) is 0.391. The van der Waals surface area contributed by atoms with Crippen LogP contribution >= 0.6 is 24.0 Å². The molecule has 0 spiro atoms. The molecule has 5 nitrogen and oxygen atoms in total. The Labute approximate surface area is 191 Å². The lowest BCUT2D eigenvalue weighted by Crippen LogP contribution is -2.40. The topological polar surface area (TPSA) is 65.5 Å². The molecule has 0 aliphatic carbocycles. The fourth-order valence-electron chi connectivity index (χ4n) is 2.90. The molecule has 0 atom stereocenters. The van der Waals surface area contributed by atoms with E-state index in [2.05, 4.69) is 52.1 Å². The van der Waals surface area contributed by atoms with Crippen molar-refractivity contribution >= 4 is 35.8 Å². The van der Waals surface area contributed by atoms with Gasteiger partial charge in [0.15, 0.2) is 5.96 Å². The number of aliphatic imine (C=N–C) groups is 1. The average Bonchev–Trinajstić information content (AvgIpc) is 2.67. The Bertz CT molecular complexity index is 828. The monoisotopic (exact) mass is 508 g/mol. The van der Waals surface area contributed by atoms with Gasteiger partial charge >= 0.3 is 0 Å². The lowest BCUT2D eigenvalue weighted by molar-refractivity contribution is 0.0919. The van der Waals surface area contributed by atoms with Gasteiger partial charge in [-0.1, -0.05) is 43.3 Å². The number of nitrogens with one attached hydrogen (secondary N) is 3. The SMILES string of the molecule is CCc1ccccc1CNC(=NC)NCc1cccc(C(=O)NC(C)(C)C)c1.I. The van der Waals surface area contributed by atoms with Gasteiger partial charge in [-0.3, -0.25) is 9.79 Å². The van der Waals surface area contributed by atoms with Gasteiger partial charge in [0.05, 0.1) is 0 Å². The summed E-state index contributed by atoms with van der Waals surface area (Å²) in [6.07, 6.45) is 1.01. The van der Waals surface area contributed by atoms with E-state index in [0.29, 0.717) is 12.1 Å². The third kappa shape index (κ3) is 8.43. The predicted octanol–water partition coefficient (Wildman–Crippen LogP) is 4.26. The van der Waals surface area contributed by atoms with Crippen LogP contribution in [-0.2, 0) is 19.5 Å². The Morgan fingerprint density at radius 3 is 2.24 bits per heavy atom. The number of nitrogens with zero attached hydrogens (tertiary/aromatic N) is 1. The van der Waals surface area contributed by atoms with Crippen molar-refractivity contribution < 1.29 is 4.79 Å². The number of halogens is 1. The van der Waals surface area contributed by atoms with Crippen LogP contribution < -0.4 is 16.0 Å². The highest BCUT2D eigenvalue weighted by Crippen LogP contribution is 2.10. The maximum Gasteiger partial charge on any atom is 0.251 e. The number of rotatable bonds is 6. The van der Waals surface area contributed by atoms with E-state index in [1.807, 2.05) is 45.0 Å². The Morgan fingerprint density at radius 2 is 1.62 bits per heavy atom. The van der Waals surface area contributed by atoms with Crippen molar-refractivity contribution in [2.75, 3.05) is 7.05 Å². The smallest absolute Gasteiger partial charge is 0.251 e. The van der Waals surface area contributed by atoms with Crippen LogP contribution in [0.4, 0.5) is 0 Å². The van der Waals surface area contributed by atoms with Crippen LogP contribution in [0.1, 0.15) is 54.7 Å². The van der Waals surface area contributed by atoms with Crippen LogP contribution in [0, 0.1) is 0 Å². The summed E-state index contributed by atoms with van der Waals surface area (Å²) in [6, 6.07) is 16.1. The minimum atomic E-state index is -0.258. The van der Waals surface area contributed by atoms with Gasteiger partial charge in [-0.15, -0.1) is 24.0 Å². The van der Waals surface area contributed by atoms with E-state index in [0.717, 1.165) is 24.5 Å². The molecule has 0 aliphatic rings. The highest BCUT2D eigenvalue weighted by Gasteiger charge is 2.15. The molecule has 0 saturated carbocycles. The van der Waals surface area contributed by atoms with E-state index in [9.17, 15) is 4.79 Å². The minimum absolute atomic E-state index is 0. The molecular weight excluding hydrogens is 475 g/mol. The summed E-state index contributed by atoms with van der Waals surface area (Å²) in [5, 5.41) is 9.67. The maximum atomic E-state index is 12.4. The summed E-state index contributed by atoms with van der Waals surface area (Å²) >= 11 is 0. The van der Waals surface area contributed by atoms with Crippen molar-refractivity contribution in [2.24, 2.45) is 4.99 Å². The van der Waals surface area contributed by atoms with Gasteiger partial charge in [-0.2, -0.15) is 0 Å². The van der Waals surface area contributed by atoms with Crippen LogP contribution in [0.3, 0.4) is 0 Å². The molecule has 0 aliphatic heterocycles. The van der Waals surface area contributed by atoms with E-state index in [4.69, 9.17) is 0 Å². The molecule has 158 valence electrons. The van der Waals surface area contributed by atoms with Crippen LogP contribution in [-0.4, -0.2) is 24.5 Å². The van der Waals surface area contributed by atoms with Crippen molar-refractivity contribution in [1.82, 2.24) is 16.0 Å². The molecule has 2 aromatic rings. The van der Waals surface area contributed by atoms with Crippen molar-refractivity contribution in [2.45, 2.75) is 52.7 Å². The van der Waals surface area contributed by atoms with Gasteiger partial charge in [0, 0.05) is 31.2 Å². The van der Waals surface area contributed by atoms with Crippen LogP contribution in [0.15, 0.2) is 53.5 Å². The van der Waals surface area contributed by atoms with Crippen molar-refractivity contribution in [3.05, 3.63) is 70.8 Å². The molecule has 0 aromatic heterocycles. The molecule has 1 amide bonds. The zero-order chi connectivity index (χ0) is 20.6. The third-order valence-electron chi connectivity index (χ3n) is 4.31. The van der Waals surface area contributed by atoms with Gasteiger partial charge in [-0.25, -0.2) is 0 Å². The second-order valence-corrected chi connectivity index (χ2v) is 7.81. The van der Waals surface area contributed by atoms with E-state index in [1.54, 1.807) is 7.05 Å². The lowest BCUT2D eigenvalue weighted by Gasteiger charge is -2.20. The molecule has 0 unspecified atom stereocenters. The Morgan fingerprint density at radius 1 is 0.966 bits per heavy atom. The second-order valence-electron chi connectivity index (χ2n) is 7.81. The Hall–Kier alpha value is -2.09. The Balaban J connectivity index is 0.00000420. The number of aryl methyl sites for hydroxylation is 1. The maximum absolute atomic E-state index is 12.4. The third-order valence-corrected chi connectivity index (χ3v) is 4.31. The van der Waals surface area contributed by atoms with E-state index in [-0.39, 0.29) is 35.4 Å². The van der Waals surface area contributed by atoms with Crippen molar-refractivity contribution in [1.29, 1.82) is 0 Å². The number of carbonyl (C=O) groups is 1. The number of carbonyl (C=O) groups excluding carboxylic acids is 1. The van der Waals surface area contributed by atoms with Crippen molar-refractivity contribution in [3.63, 3.8) is 0 Å². The summed E-state index contributed by atoms with van der Waals surface area (Å²) in [7, 11) is 1.76. The highest BCUT2D eigenvalue weighted by atomic mass is 127. The molecular formula is C23H33IN4O. The Kier molecular flexibility index (Phi) is 10.2. The van der Waals surface area contributed by atoms with Crippen molar-refractivity contribution in [3.8, 4) is 0 Å². The first-order chi connectivity index (χ1) is 13.3. The molecule has 0 fully saturated rings. The standard InChI is InChI=1S/C23H32N4O.HI/c1-6-18-11-7-8-12-20(18)16-26-22(24-5)25-15-17-10-9-13-19(14-17)21(28)27-23(2,3)4;/h7-14H,6,15-16H2,1-5H3,(H,27,28)(H2,24,25,26);1H. The quantitative estimate of drug-likeness (QED) is 0.311. The van der Waals surface area contributed by atoms with Crippen LogP contribution in [0.5, 0.6) is 0 Å². The molecule has 0 heterocycles. The zero-order valence-electron chi connectivity index (χ0n) is 18.0. The average molecular weight is 508 g/mol. The number of benzene rings is 2. The molecule has 3 N–H and O–H groups in total. The normalized spacial score (nSPS) is 11.4. The summed E-state index contributed by atoms with van der Waals surface area (Å²) < 4.78 is 0. The van der Waals surface area contributed by atoms with Gasteiger partial charge in [-0.05, 0) is 56.0 Å². The summed E-state index contributed by atoms with van der Waals surface area (Å²) in [5.41, 5.74) is 4.04. The lowest BCUT2D eigenvalue weighted by atomic mass is 10.1. The molecule has 2 aromatic carbocycles.